The van der Waals surface area contributed by atoms with Crippen LogP contribution in [0.5, 0.6) is 0 Å². The van der Waals surface area contributed by atoms with Crippen LogP contribution in [-0.2, 0) is 17.8 Å². The first-order chi connectivity index (χ1) is 13.2. The molecule has 0 radical (unpaired) electrons. The smallest absolute Gasteiger partial charge is 0.240 e. The van der Waals surface area contributed by atoms with E-state index >= 15 is 0 Å². The van der Waals surface area contributed by atoms with E-state index in [2.05, 4.69) is 17.4 Å². The lowest BCUT2D eigenvalue weighted by atomic mass is 9.88. The van der Waals surface area contributed by atoms with Crippen molar-refractivity contribution in [2.45, 2.75) is 31.8 Å². The maximum atomic E-state index is 12.7. The number of para-hydroxylation sites is 1. The third-order valence-corrected chi connectivity index (χ3v) is 5.13. The number of benzene rings is 2. The summed E-state index contributed by atoms with van der Waals surface area (Å²) < 4.78 is 1.68. The Morgan fingerprint density at radius 1 is 1.19 bits per heavy atom. The number of fused-ring (bicyclic) bond motifs is 2. The summed E-state index contributed by atoms with van der Waals surface area (Å²) in [6.07, 6.45) is 4.47. The topological polar surface area (TPSA) is 74.9 Å². The zero-order valence-corrected chi connectivity index (χ0v) is 14.8. The maximum absolute atomic E-state index is 12.7. The molecule has 5 heteroatoms. The average Bonchev–Trinajstić information content (AvgIpc) is 2.70. The Morgan fingerprint density at radius 2 is 1.96 bits per heavy atom. The molecule has 0 fully saturated rings. The highest BCUT2D eigenvalue weighted by Gasteiger charge is 2.21. The number of hydrogen-bond donors (Lipinski definition) is 1. The number of hydrogen-bond acceptors (Lipinski definition) is 3. The Morgan fingerprint density at radius 3 is 2.81 bits per heavy atom. The molecule has 1 N–H and O–H groups in total. The Bertz CT molecular complexity index is 1120. The summed E-state index contributed by atoms with van der Waals surface area (Å²) in [5.41, 5.74) is 2.87. The highest BCUT2D eigenvalue weighted by atomic mass is 16.2. The molecule has 0 spiro atoms. The zero-order chi connectivity index (χ0) is 18.8. The third-order valence-electron chi connectivity index (χ3n) is 5.13. The first-order valence-electron chi connectivity index (χ1n) is 9.07. The Balaban J connectivity index is 1.62. The van der Waals surface area contributed by atoms with E-state index in [0.29, 0.717) is 10.9 Å². The van der Waals surface area contributed by atoms with Crippen LogP contribution < -0.4 is 10.7 Å². The molecule has 1 amide bonds. The van der Waals surface area contributed by atoms with E-state index in [9.17, 15) is 14.9 Å². The Labute approximate surface area is 156 Å². The van der Waals surface area contributed by atoms with Gasteiger partial charge in [-0.1, -0.05) is 36.4 Å². The van der Waals surface area contributed by atoms with Gasteiger partial charge in [0.2, 0.25) is 11.3 Å². The first-order valence-corrected chi connectivity index (χ1v) is 9.07. The van der Waals surface area contributed by atoms with Crippen molar-refractivity contribution in [1.29, 1.82) is 5.26 Å². The molecule has 1 heterocycles. The van der Waals surface area contributed by atoms with Gasteiger partial charge < -0.3 is 9.88 Å². The molecule has 1 aromatic heterocycles. The minimum absolute atomic E-state index is 0.00327. The number of nitrogens with one attached hydrogen (secondary N) is 1. The lowest BCUT2D eigenvalue weighted by molar-refractivity contribution is -0.122. The van der Waals surface area contributed by atoms with E-state index in [1.807, 2.05) is 24.3 Å². The maximum Gasteiger partial charge on any atom is 0.240 e. The third kappa shape index (κ3) is 3.22. The molecule has 1 unspecified atom stereocenters. The first kappa shape index (κ1) is 17.0. The predicted molar refractivity (Wildman–Crippen MR) is 103 cm³/mol. The minimum atomic E-state index is -0.300. The molecule has 5 nitrogen and oxygen atoms in total. The van der Waals surface area contributed by atoms with Crippen LogP contribution in [0.25, 0.3) is 10.9 Å². The van der Waals surface area contributed by atoms with Crippen LogP contribution in [0.15, 0.2) is 59.5 Å². The van der Waals surface area contributed by atoms with Crippen LogP contribution in [-0.4, -0.2) is 10.5 Å². The number of amides is 1. The molecule has 3 aromatic rings. The van der Waals surface area contributed by atoms with Crippen molar-refractivity contribution in [3.63, 3.8) is 0 Å². The van der Waals surface area contributed by atoms with Gasteiger partial charge in [-0.3, -0.25) is 9.59 Å². The summed E-state index contributed by atoms with van der Waals surface area (Å²) in [4.78, 5) is 25.0. The lowest BCUT2D eigenvalue weighted by Gasteiger charge is -2.26. The number of rotatable bonds is 3. The highest BCUT2D eigenvalue weighted by molar-refractivity contribution is 5.83. The van der Waals surface area contributed by atoms with Crippen LogP contribution in [0.2, 0.25) is 0 Å². The van der Waals surface area contributed by atoms with Crippen molar-refractivity contribution in [2.75, 3.05) is 0 Å². The molecule has 0 bridgehead atoms. The fourth-order valence-electron chi connectivity index (χ4n) is 3.85. The monoisotopic (exact) mass is 357 g/mol. The summed E-state index contributed by atoms with van der Waals surface area (Å²) in [6, 6.07) is 17.2. The van der Waals surface area contributed by atoms with Gasteiger partial charge in [0.05, 0.1) is 11.6 Å². The molecule has 4 rings (SSSR count). The number of nitriles is 1. The van der Waals surface area contributed by atoms with Crippen LogP contribution in [0.4, 0.5) is 0 Å². The van der Waals surface area contributed by atoms with Gasteiger partial charge >= 0.3 is 0 Å². The van der Waals surface area contributed by atoms with Gasteiger partial charge in [0.15, 0.2) is 0 Å². The number of aromatic nitrogens is 1. The predicted octanol–water partition coefficient (Wildman–Crippen LogP) is 3.07. The Kier molecular flexibility index (Phi) is 4.47. The standard InChI is InChI=1S/C22H19N3O2/c23-12-16-13-25(20-11-4-3-9-18(20)22(16)27)14-21(26)24-19-10-5-7-15-6-1-2-8-17(15)19/h1-4,6,8-9,11,13,19H,5,7,10,14H2,(H,24,26). The van der Waals surface area contributed by atoms with E-state index in [1.165, 1.54) is 17.3 Å². The SMILES string of the molecule is N#Cc1cn(CC(=O)NC2CCCc3ccccc32)c2ccccc2c1=O. The summed E-state index contributed by atoms with van der Waals surface area (Å²) >= 11 is 0. The normalized spacial score (nSPS) is 15.7. The molecule has 27 heavy (non-hydrogen) atoms. The van der Waals surface area contributed by atoms with Gasteiger partial charge in [0.25, 0.3) is 0 Å². The van der Waals surface area contributed by atoms with Gasteiger partial charge in [-0.05, 0) is 42.5 Å². The quantitative estimate of drug-likeness (QED) is 0.783. The van der Waals surface area contributed by atoms with Gasteiger partial charge in [-0.25, -0.2) is 0 Å². The number of aryl methyl sites for hydroxylation is 1. The van der Waals surface area contributed by atoms with Gasteiger partial charge in [0.1, 0.15) is 18.2 Å². The number of pyridine rings is 1. The van der Waals surface area contributed by atoms with Gasteiger partial charge in [-0.2, -0.15) is 5.26 Å². The number of nitrogens with zero attached hydrogens (tertiary/aromatic N) is 2. The minimum Gasteiger partial charge on any atom is -0.348 e. The fourth-order valence-corrected chi connectivity index (χ4v) is 3.85. The molecule has 0 saturated heterocycles. The van der Waals surface area contributed by atoms with Crippen LogP contribution in [0.3, 0.4) is 0 Å². The molecule has 0 saturated carbocycles. The van der Waals surface area contributed by atoms with Crippen molar-refractivity contribution >= 4 is 16.8 Å². The van der Waals surface area contributed by atoms with E-state index < -0.39 is 0 Å². The van der Waals surface area contributed by atoms with E-state index in [-0.39, 0.29) is 29.5 Å². The van der Waals surface area contributed by atoms with E-state index in [0.717, 1.165) is 19.3 Å². The molecule has 1 atom stereocenters. The molecule has 1 aliphatic rings. The number of carbonyl (C=O) groups excluding carboxylic acids is 1. The molecule has 0 aliphatic heterocycles. The summed E-state index contributed by atoms with van der Waals surface area (Å²) in [6.45, 7) is 0.0636. The average molecular weight is 357 g/mol. The molecule has 1 aliphatic carbocycles. The number of carbonyl (C=O) groups is 1. The molecule has 2 aromatic carbocycles. The van der Waals surface area contributed by atoms with Crippen LogP contribution in [0, 0.1) is 11.3 Å². The van der Waals surface area contributed by atoms with Gasteiger partial charge in [-0.15, -0.1) is 0 Å². The van der Waals surface area contributed by atoms with Crippen molar-refractivity contribution in [3.8, 4) is 6.07 Å². The molecular formula is C22H19N3O2. The lowest BCUT2D eigenvalue weighted by Crippen LogP contribution is -2.33. The van der Waals surface area contributed by atoms with Crippen molar-refractivity contribution < 1.29 is 4.79 Å². The van der Waals surface area contributed by atoms with E-state index in [4.69, 9.17) is 0 Å². The van der Waals surface area contributed by atoms with E-state index in [1.54, 1.807) is 22.8 Å². The summed E-state index contributed by atoms with van der Waals surface area (Å²) in [7, 11) is 0. The summed E-state index contributed by atoms with van der Waals surface area (Å²) in [5.74, 6) is -0.130. The summed E-state index contributed by atoms with van der Waals surface area (Å²) in [5, 5.41) is 12.8. The highest BCUT2D eigenvalue weighted by Crippen LogP contribution is 2.29. The second-order valence-electron chi connectivity index (χ2n) is 6.84. The van der Waals surface area contributed by atoms with Gasteiger partial charge in [0, 0.05) is 11.6 Å². The second kappa shape index (κ2) is 7.08. The van der Waals surface area contributed by atoms with Crippen LogP contribution >= 0.6 is 0 Å². The second-order valence-corrected chi connectivity index (χ2v) is 6.84. The van der Waals surface area contributed by atoms with Crippen molar-refractivity contribution in [3.05, 3.63) is 81.6 Å². The zero-order valence-electron chi connectivity index (χ0n) is 14.8. The van der Waals surface area contributed by atoms with Crippen LogP contribution in [0.1, 0.15) is 35.6 Å². The molecule has 134 valence electrons. The Hall–Kier alpha value is -3.39. The fraction of sp³-hybridized carbons (Fsp3) is 0.227. The largest absolute Gasteiger partial charge is 0.348 e. The van der Waals surface area contributed by atoms with Crippen molar-refractivity contribution in [1.82, 2.24) is 9.88 Å². The molecular weight excluding hydrogens is 338 g/mol. The van der Waals surface area contributed by atoms with Crippen molar-refractivity contribution in [2.24, 2.45) is 0 Å².